The summed E-state index contributed by atoms with van der Waals surface area (Å²) in [5, 5.41) is 9.50. The van der Waals surface area contributed by atoms with Gasteiger partial charge in [0, 0.05) is 5.56 Å². The minimum Gasteiger partial charge on any atom is -0.493 e. The van der Waals surface area contributed by atoms with Gasteiger partial charge in [0.05, 0.1) is 7.11 Å². The van der Waals surface area contributed by atoms with Crippen molar-refractivity contribution in [1.82, 2.24) is 0 Å². The molecule has 0 aliphatic carbocycles. The minimum atomic E-state index is -0.412. The highest BCUT2D eigenvalue weighted by molar-refractivity contribution is 6.14. The second-order valence-electron chi connectivity index (χ2n) is 5.81. The Bertz CT molecular complexity index is 971. The van der Waals surface area contributed by atoms with Crippen molar-refractivity contribution in [1.29, 1.82) is 5.26 Å². The molecule has 0 saturated heterocycles. The average molecular weight is 365 g/mol. The number of benzene rings is 2. The molecule has 0 spiro atoms. The van der Waals surface area contributed by atoms with Crippen molar-refractivity contribution < 1.29 is 28.5 Å². The molecule has 2 aliphatic heterocycles. The summed E-state index contributed by atoms with van der Waals surface area (Å²) in [5.74, 6) is 2.15. The molecule has 0 atom stereocenters. The number of carbonyl (C=O) groups excluding carboxylic acids is 1. The van der Waals surface area contributed by atoms with E-state index in [1.807, 2.05) is 6.07 Å². The molecule has 2 aromatic carbocycles. The molecule has 0 amide bonds. The third-order valence-corrected chi connectivity index (χ3v) is 4.16. The molecule has 7 heteroatoms. The van der Waals surface area contributed by atoms with Crippen LogP contribution in [-0.2, 0) is 0 Å². The predicted octanol–water partition coefficient (Wildman–Crippen LogP) is 2.98. The maximum atomic E-state index is 12.7. The minimum absolute atomic E-state index is 0.0207. The summed E-state index contributed by atoms with van der Waals surface area (Å²) in [6.45, 7) is 0.972. The molecule has 0 bridgehead atoms. The first kappa shape index (κ1) is 16.8. The van der Waals surface area contributed by atoms with Gasteiger partial charge in [0.2, 0.25) is 18.3 Å². The SMILES string of the molecule is COc1cc(/C=C(/C#N)C(=O)c2ccc3c(c2)OCO3)cc2c1OCCO2. The van der Waals surface area contributed by atoms with Gasteiger partial charge >= 0.3 is 0 Å². The lowest BCUT2D eigenvalue weighted by Crippen LogP contribution is -2.16. The third kappa shape index (κ3) is 3.13. The Morgan fingerprint density at radius 2 is 1.89 bits per heavy atom. The molecule has 0 saturated carbocycles. The van der Waals surface area contributed by atoms with E-state index in [2.05, 4.69) is 0 Å². The lowest BCUT2D eigenvalue weighted by molar-refractivity contribution is 0.103. The van der Waals surface area contributed by atoms with E-state index in [1.54, 1.807) is 30.3 Å². The van der Waals surface area contributed by atoms with Gasteiger partial charge in [0.25, 0.3) is 0 Å². The molecular formula is C20H15NO6. The lowest BCUT2D eigenvalue weighted by Gasteiger charge is -2.21. The van der Waals surface area contributed by atoms with Crippen LogP contribution in [0.2, 0.25) is 0 Å². The summed E-state index contributed by atoms with van der Waals surface area (Å²) in [6, 6.07) is 10.2. The summed E-state index contributed by atoms with van der Waals surface area (Å²) in [4.78, 5) is 12.7. The van der Waals surface area contributed by atoms with Crippen LogP contribution in [0, 0.1) is 11.3 Å². The molecule has 0 fully saturated rings. The zero-order chi connectivity index (χ0) is 18.8. The van der Waals surface area contributed by atoms with Gasteiger partial charge in [-0.05, 0) is 42.0 Å². The molecule has 7 nitrogen and oxygen atoms in total. The van der Waals surface area contributed by atoms with Crippen LogP contribution in [0.3, 0.4) is 0 Å². The van der Waals surface area contributed by atoms with Gasteiger partial charge in [0.1, 0.15) is 24.9 Å². The van der Waals surface area contributed by atoms with Gasteiger partial charge in [0.15, 0.2) is 23.0 Å². The van der Waals surface area contributed by atoms with Crippen molar-refractivity contribution in [2.24, 2.45) is 0 Å². The fourth-order valence-electron chi connectivity index (χ4n) is 2.89. The Hall–Kier alpha value is -3.66. The normalized spacial score (nSPS) is 14.4. The van der Waals surface area contributed by atoms with Crippen LogP contribution in [-0.4, -0.2) is 32.9 Å². The molecule has 2 aliphatic rings. The second-order valence-corrected chi connectivity index (χ2v) is 5.81. The fraction of sp³-hybridized carbons (Fsp3) is 0.200. The number of hydrogen-bond acceptors (Lipinski definition) is 7. The first-order chi connectivity index (χ1) is 13.2. The summed E-state index contributed by atoms with van der Waals surface area (Å²) in [6.07, 6.45) is 1.49. The first-order valence-corrected chi connectivity index (χ1v) is 8.23. The summed E-state index contributed by atoms with van der Waals surface area (Å²) < 4.78 is 27.0. The highest BCUT2D eigenvalue weighted by Gasteiger charge is 2.21. The maximum absolute atomic E-state index is 12.7. The van der Waals surface area contributed by atoms with E-state index >= 15 is 0 Å². The highest BCUT2D eigenvalue weighted by Crippen LogP contribution is 2.41. The van der Waals surface area contributed by atoms with Crippen LogP contribution in [0.1, 0.15) is 15.9 Å². The van der Waals surface area contributed by atoms with Crippen molar-refractivity contribution in [3.8, 4) is 34.8 Å². The quantitative estimate of drug-likeness (QED) is 0.468. The van der Waals surface area contributed by atoms with Crippen LogP contribution in [0.5, 0.6) is 28.7 Å². The standard InChI is InChI=1S/C20H15NO6/c1-23-17-7-12(8-18-20(17)25-5-4-24-18)6-14(10-21)19(22)13-2-3-15-16(9-13)27-11-26-15/h2-3,6-9H,4-5,11H2,1H3/b14-6-. The van der Waals surface area contributed by atoms with E-state index in [-0.39, 0.29) is 12.4 Å². The molecule has 136 valence electrons. The Kier molecular flexibility index (Phi) is 4.30. The lowest BCUT2D eigenvalue weighted by atomic mass is 10.0. The van der Waals surface area contributed by atoms with E-state index < -0.39 is 5.78 Å². The van der Waals surface area contributed by atoms with Crippen molar-refractivity contribution in [3.63, 3.8) is 0 Å². The van der Waals surface area contributed by atoms with Gasteiger partial charge in [-0.25, -0.2) is 0 Å². The predicted molar refractivity (Wildman–Crippen MR) is 94.5 cm³/mol. The number of fused-ring (bicyclic) bond motifs is 2. The maximum Gasteiger partial charge on any atom is 0.231 e. The number of nitriles is 1. The molecular weight excluding hydrogens is 350 g/mol. The Labute approximate surface area is 155 Å². The number of Topliss-reactive ketones (excluding diaryl/α,β-unsaturated/α-hetero) is 1. The van der Waals surface area contributed by atoms with Crippen molar-refractivity contribution in [2.45, 2.75) is 0 Å². The van der Waals surface area contributed by atoms with Crippen molar-refractivity contribution in [3.05, 3.63) is 47.0 Å². The van der Waals surface area contributed by atoms with Crippen molar-refractivity contribution >= 4 is 11.9 Å². The molecule has 4 rings (SSSR count). The molecule has 0 unspecified atom stereocenters. The molecule has 27 heavy (non-hydrogen) atoms. The van der Waals surface area contributed by atoms with Crippen LogP contribution in [0.15, 0.2) is 35.9 Å². The number of rotatable bonds is 4. The van der Waals surface area contributed by atoms with Crippen LogP contribution >= 0.6 is 0 Å². The molecule has 0 N–H and O–H groups in total. The topological polar surface area (TPSA) is 87.0 Å². The molecule has 2 heterocycles. The van der Waals surface area contributed by atoms with E-state index in [0.29, 0.717) is 53.1 Å². The van der Waals surface area contributed by atoms with Gasteiger partial charge in [-0.2, -0.15) is 5.26 Å². The van der Waals surface area contributed by atoms with E-state index in [1.165, 1.54) is 13.2 Å². The molecule has 0 radical (unpaired) electrons. The summed E-state index contributed by atoms with van der Waals surface area (Å²) in [7, 11) is 1.52. The van der Waals surface area contributed by atoms with Crippen LogP contribution in [0.4, 0.5) is 0 Å². The highest BCUT2D eigenvalue weighted by atomic mass is 16.7. The number of ketones is 1. The Morgan fingerprint density at radius 3 is 2.70 bits per heavy atom. The van der Waals surface area contributed by atoms with E-state index in [0.717, 1.165) is 0 Å². The van der Waals surface area contributed by atoms with Crippen LogP contribution < -0.4 is 23.7 Å². The fourth-order valence-corrected chi connectivity index (χ4v) is 2.89. The number of allylic oxidation sites excluding steroid dienone is 1. The van der Waals surface area contributed by atoms with Gasteiger partial charge in [-0.1, -0.05) is 0 Å². The van der Waals surface area contributed by atoms with Gasteiger partial charge in [-0.15, -0.1) is 0 Å². The monoisotopic (exact) mass is 365 g/mol. The Morgan fingerprint density at radius 1 is 1.07 bits per heavy atom. The van der Waals surface area contributed by atoms with Gasteiger partial charge in [-0.3, -0.25) is 4.79 Å². The van der Waals surface area contributed by atoms with E-state index in [9.17, 15) is 10.1 Å². The zero-order valence-electron chi connectivity index (χ0n) is 14.5. The summed E-state index contributed by atoms with van der Waals surface area (Å²) in [5.41, 5.74) is 0.922. The molecule has 2 aromatic rings. The Balaban J connectivity index is 1.69. The average Bonchev–Trinajstić information content (AvgIpc) is 3.18. The first-order valence-electron chi connectivity index (χ1n) is 8.23. The van der Waals surface area contributed by atoms with E-state index in [4.69, 9.17) is 23.7 Å². The number of methoxy groups -OCH3 is 1. The zero-order valence-corrected chi connectivity index (χ0v) is 14.5. The largest absolute Gasteiger partial charge is 0.493 e. The number of ether oxygens (including phenoxy) is 5. The number of carbonyl (C=O) groups is 1. The van der Waals surface area contributed by atoms with Gasteiger partial charge < -0.3 is 23.7 Å². The van der Waals surface area contributed by atoms with Crippen LogP contribution in [0.25, 0.3) is 6.08 Å². The van der Waals surface area contributed by atoms with Crippen molar-refractivity contribution in [2.75, 3.05) is 27.1 Å². The second kappa shape index (κ2) is 6.92. The summed E-state index contributed by atoms with van der Waals surface area (Å²) >= 11 is 0. The number of hydrogen-bond donors (Lipinski definition) is 0. The smallest absolute Gasteiger partial charge is 0.231 e. The third-order valence-electron chi connectivity index (χ3n) is 4.16. The number of nitrogens with zero attached hydrogens (tertiary/aromatic N) is 1. The molecule has 0 aromatic heterocycles.